The van der Waals surface area contributed by atoms with Gasteiger partial charge in [-0.15, -0.1) is 11.8 Å². The van der Waals surface area contributed by atoms with Crippen molar-refractivity contribution in [3.05, 3.63) is 0 Å². The fourth-order valence-corrected chi connectivity index (χ4v) is 2.45. The van der Waals surface area contributed by atoms with Gasteiger partial charge in [-0.2, -0.15) is 0 Å². The minimum atomic E-state index is 0.321. The summed E-state index contributed by atoms with van der Waals surface area (Å²) in [5.41, 5.74) is 0. The van der Waals surface area contributed by atoms with Gasteiger partial charge in [0.1, 0.15) is 0 Å². The second-order valence-electron chi connectivity index (χ2n) is 4.72. The Morgan fingerprint density at radius 1 is 1.38 bits per heavy atom. The van der Waals surface area contributed by atoms with E-state index in [0.717, 1.165) is 32.0 Å². The molecular formula is C12H25NO2S. The summed E-state index contributed by atoms with van der Waals surface area (Å²) in [6.07, 6.45) is 1.91. The Balaban J connectivity index is 2.08. The lowest BCUT2D eigenvalue weighted by Gasteiger charge is -2.21. The van der Waals surface area contributed by atoms with E-state index >= 15 is 0 Å². The third kappa shape index (κ3) is 5.53. The van der Waals surface area contributed by atoms with Crippen LogP contribution in [0.3, 0.4) is 0 Å². The van der Waals surface area contributed by atoms with Crippen LogP contribution in [0.5, 0.6) is 0 Å². The van der Waals surface area contributed by atoms with E-state index in [9.17, 15) is 0 Å². The minimum Gasteiger partial charge on any atom is -0.380 e. The molecule has 96 valence electrons. The highest BCUT2D eigenvalue weighted by molar-refractivity contribution is 7.99. The quantitative estimate of drug-likeness (QED) is 0.643. The maximum atomic E-state index is 5.76. The summed E-state index contributed by atoms with van der Waals surface area (Å²) in [5.74, 6) is 0.806. The van der Waals surface area contributed by atoms with Gasteiger partial charge in [0.25, 0.3) is 0 Å². The first-order chi connectivity index (χ1) is 7.61. The van der Waals surface area contributed by atoms with Gasteiger partial charge in [-0.05, 0) is 13.3 Å². The number of hydrogen-bond acceptors (Lipinski definition) is 4. The van der Waals surface area contributed by atoms with Gasteiger partial charge in [0.15, 0.2) is 0 Å². The average Bonchev–Trinajstić information content (AvgIpc) is 2.65. The van der Waals surface area contributed by atoms with E-state index in [1.807, 2.05) is 11.8 Å². The van der Waals surface area contributed by atoms with Crippen LogP contribution < -0.4 is 0 Å². The maximum absolute atomic E-state index is 5.76. The first-order valence-electron chi connectivity index (χ1n) is 6.10. The molecule has 0 aromatic rings. The summed E-state index contributed by atoms with van der Waals surface area (Å²) >= 11 is 1.86. The molecule has 1 saturated heterocycles. The van der Waals surface area contributed by atoms with Gasteiger partial charge in [0, 0.05) is 32.0 Å². The standard InChI is InChI=1S/C12H25NO2S/c1-10(2)16-9-15-11(3)7-13-6-5-12(8-13)14-4/h10-12H,5-9H2,1-4H3/t11-,12+/m1/s1. The van der Waals surface area contributed by atoms with Crippen LogP contribution in [-0.2, 0) is 9.47 Å². The monoisotopic (exact) mass is 247 g/mol. The van der Waals surface area contributed by atoms with E-state index in [0.29, 0.717) is 17.5 Å². The Bertz CT molecular complexity index is 190. The molecule has 2 atom stereocenters. The predicted molar refractivity (Wildman–Crippen MR) is 70.0 cm³/mol. The van der Waals surface area contributed by atoms with Gasteiger partial charge in [-0.25, -0.2) is 0 Å². The summed E-state index contributed by atoms with van der Waals surface area (Å²) < 4.78 is 11.1. The van der Waals surface area contributed by atoms with E-state index < -0.39 is 0 Å². The first-order valence-corrected chi connectivity index (χ1v) is 7.15. The van der Waals surface area contributed by atoms with Crippen LogP contribution in [0, 0.1) is 0 Å². The van der Waals surface area contributed by atoms with Crippen LogP contribution in [-0.4, -0.2) is 55.0 Å². The van der Waals surface area contributed by atoms with Crippen LogP contribution in [0.25, 0.3) is 0 Å². The molecule has 3 nitrogen and oxygen atoms in total. The summed E-state index contributed by atoms with van der Waals surface area (Å²) in [5, 5.41) is 0.650. The Labute approximate surface area is 104 Å². The number of thioether (sulfide) groups is 1. The zero-order chi connectivity index (χ0) is 12.0. The van der Waals surface area contributed by atoms with Crippen molar-refractivity contribution in [2.45, 2.75) is 44.6 Å². The largest absolute Gasteiger partial charge is 0.380 e. The molecule has 0 aromatic carbocycles. The molecule has 0 saturated carbocycles. The summed E-state index contributed by atoms with van der Waals surface area (Å²) in [7, 11) is 1.80. The van der Waals surface area contributed by atoms with Crippen molar-refractivity contribution in [1.82, 2.24) is 4.90 Å². The van der Waals surface area contributed by atoms with Crippen molar-refractivity contribution in [2.75, 3.05) is 32.7 Å². The smallest absolute Gasteiger partial charge is 0.0927 e. The third-order valence-corrected chi connectivity index (χ3v) is 3.77. The Morgan fingerprint density at radius 3 is 2.69 bits per heavy atom. The van der Waals surface area contributed by atoms with Crippen LogP contribution >= 0.6 is 11.8 Å². The molecule has 1 aliphatic heterocycles. The molecule has 0 spiro atoms. The van der Waals surface area contributed by atoms with E-state index in [2.05, 4.69) is 25.7 Å². The van der Waals surface area contributed by atoms with Crippen LogP contribution in [0.2, 0.25) is 0 Å². The molecule has 1 aliphatic rings. The molecule has 0 unspecified atom stereocenters. The highest BCUT2D eigenvalue weighted by Gasteiger charge is 2.23. The van der Waals surface area contributed by atoms with Crippen LogP contribution in [0.1, 0.15) is 27.2 Å². The molecule has 0 N–H and O–H groups in total. The van der Waals surface area contributed by atoms with Crippen molar-refractivity contribution in [3.8, 4) is 0 Å². The SMILES string of the molecule is CO[C@H]1CCN(C[C@@H](C)OCSC(C)C)C1. The van der Waals surface area contributed by atoms with Crippen LogP contribution in [0.4, 0.5) is 0 Å². The molecule has 0 aromatic heterocycles. The Morgan fingerprint density at radius 2 is 2.12 bits per heavy atom. The minimum absolute atomic E-state index is 0.321. The zero-order valence-corrected chi connectivity index (χ0v) is 11.8. The van der Waals surface area contributed by atoms with E-state index in [1.54, 1.807) is 7.11 Å². The van der Waals surface area contributed by atoms with Crippen LogP contribution in [0.15, 0.2) is 0 Å². The lowest BCUT2D eigenvalue weighted by atomic mass is 10.3. The normalized spacial score (nSPS) is 24.2. The van der Waals surface area contributed by atoms with Gasteiger partial charge in [0.05, 0.1) is 18.1 Å². The van der Waals surface area contributed by atoms with E-state index in [-0.39, 0.29) is 0 Å². The Hall–Kier alpha value is 0.230. The van der Waals surface area contributed by atoms with Gasteiger partial charge in [-0.3, -0.25) is 4.90 Å². The topological polar surface area (TPSA) is 21.7 Å². The highest BCUT2D eigenvalue weighted by atomic mass is 32.2. The van der Waals surface area contributed by atoms with Crippen molar-refractivity contribution in [2.24, 2.45) is 0 Å². The second kappa shape index (κ2) is 7.54. The zero-order valence-electron chi connectivity index (χ0n) is 10.9. The first kappa shape index (κ1) is 14.3. The molecule has 0 amide bonds. The third-order valence-electron chi connectivity index (χ3n) is 2.83. The molecule has 1 rings (SSSR count). The highest BCUT2D eigenvalue weighted by Crippen LogP contribution is 2.14. The fraction of sp³-hybridized carbons (Fsp3) is 1.00. The van der Waals surface area contributed by atoms with Gasteiger partial charge in [-0.1, -0.05) is 13.8 Å². The lowest BCUT2D eigenvalue weighted by Crippen LogP contribution is -2.31. The number of hydrogen-bond donors (Lipinski definition) is 0. The van der Waals surface area contributed by atoms with E-state index in [4.69, 9.17) is 9.47 Å². The Kier molecular flexibility index (Phi) is 6.73. The number of ether oxygens (including phenoxy) is 2. The lowest BCUT2D eigenvalue weighted by molar-refractivity contribution is 0.0635. The average molecular weight is 247 g/mol. The molecule has 1 heterocycles. The molecular weight excluding hydrogens is 222 g/mol. The molecule has 16 heavy (non-hydrogen) atoms. The molecule has 0 aliphatic carbocycles. The van der Waals surface area contributed by atoms with Crippen molar-refractivity contribution < 1.29 is 9.47 Å². The molecule has 4 heteroatoms. The van der Waals surface area contributed by atoms with Gasteiger partial charge >= 0.3 is 0 Å². The van der Waals surface area contributed by atoms with Crippen molar-refractivity contribution in [3.63, 3.8) is 0 Å². The van der Waals surface area contributed by atoms with Crippen molar-refractivity contribution in [1.29, 1.82) is 0 Å². The van der Waals surface area contributed by atoms with Crippen molar-refractivity contribution >= 4 is 11.8 Å². The number of rotatable bonds is 7. The maximum Gasteiger partial charge on any atom is 0.0927 e. The summed E-state index contributed by atoms with van der Waals surface area (Å²) in [6.45, 7) is 9.77. The number of nitrogens with zero attached hydrogens (tertiary/aromatic N) is 1. The molecule has 0 bridgehead atoms. The van der Waals surface area contributed by atoms with Gasteiger partial charge < -0.3 is 9.47 Å². The summed E-state index contributed by atoms with van der Waals surface area (Å²) in [4.78, 5) is 2.43. The second-order valence-corrected chi connectivity index (χ2v) is 6.23. The van der Waals surface area contributed by atoms with E-state index in [1.165, 1.54) is 0 Å². The fourth-order valence-electron chi connectivity index (χ4n) is 1.86. The predicted octanol–water partition coefficient (Wildman–Crippen LogP) is 2.21. The number of methoxy groups -OCH3 is 1. The van der Waals surface area contributed by atoms with Gasteiger partial charge in [0.2, 0.25) is 0 Å². The summed E-state index contributed by atoms with van der Waals surface area (Å²) in [6, 6.07) is 0. The number of likely N-dealkylation sites (tertiary alicyclic amines) is 1. The molecule has 1 fully saturated rings. The molecule has 0 radical (unpaired) electrons.